The zero-order chi connectivity index (χ0) is 9.84. The quantitative estimate of drug-likeness (QED) is 0.841. The molecule has 1 rings (SSSR count). The minimum atomic E-state index is 0. The molecule has 3 heteroatoms. The van der Waals surface area contributed by atoms with Gasteiger partial charge in [0.1, 0.15) is 0 Å². The molecular weight excluding hydrogens is 198 g/mol. The van der Waals surface area contributed by atoms with Crippen LogP contribution in [-0.4, -0.2) is 13.7 Å². The Morgan fingerprint density at radius 3 is 2.07 bits per heavy atom. The van der Waals surface area contributed by atoms with Crippen molar-refractivity contribution < 1.29 is 4.74 Å². The number of methoxy groups -OCH3 is 1. The molecule has 0 saturated heterocycles. The number of hydrogen-bond acceptors (Lipinski definition) is 2. The highest BCUT2D eigenvalue weighted by atomic mass is 35.5. The molecule has 0 bridgehead atoms. The second-order valence-electron chi connectivity index (χ2n) is 3.38. The van der Waals surface area contributed by atoms with Crippen LogP contribution in [0, 0.1) is 13.8 Å². The van der Waals surface area contributed by atoms with Crippen LogP contribution < -0.4 is 5.73 Å². The van der Waals surface area contributed by atoms with Crippen LogP contribution in [0.15, 0.2) is 18.2 Å². The fraction of sp³-hybridized carbons (Fsp3) is 0.455. The molecule has 0 fully saturated rings. The average molecular weight is 216 g/mol. The van der Waals surface area contributed by atoms with Crippen molar-refractivity contribution in [2.45, 2.75) is 20.0 Å². The lowest BCUT2D eigenvalue weighted by Crippen LogP contribution is -2.14. The Labute approximate surface area is 91.9 Å². The minimum absolute atomic E-state index is 0. The summed E-state index contributed by atoms with van der Waals surface area (Å²) in [5.41, 5.74) is 9.27. The van der Waals surface area contributed by atoms with Gasteiger partial charge < -0.3 is 10.5 Å². The molecule has 0 aromatic heterocycles. The van der Waals surface area contributed by atoms with Gasteiger partial charge in [0, 0.05) is 13.7 Å². The SMILES string of the molecule is COC(CN)c1cc(C)cc(C)c1.Cl. The van der Waals surface area contributed by atoms with E-state index in [0.29, 0.717) is 6.54 Å². The van der Waals surface area contributed by atoms with Gasteiger partial charge in [0.25, 0.3) is 0 Å². The molecule has 2 nitrogen and oxygen atoms in total. The second kappa shape index (κ2) is 6.02. The van der Waals surface area contributed by atoms with Gasteiger partial charge in [0.05, 0.1) is 6.10 Å². The summed E-state index contributed by atoms with van der Waals surface area (Å²) in [7, 11) is 1.69. The first-order valence-corrected chi connectivity index (χ1v) is 4.48. The Morgan fingerprint density at radius 2 is 1.71 bits per heavy atom. The third-order valence-electron chi connectivity index (χ3n) is 2.11. The Morgan fingerprint density at radius 1 is 1.21 bits per heavy atom. The molecule has 0 aliphatic rings. The summed E-state index contributed by atoms with van der Waals surface area (Å²) in [4.78, 5) is 0. The Balaban J connectivity index is 0.00000169. The molecule has 0 amide bonds. The van der Waals surface area contributed by atoms with E-state index in [1.54, 1.807) is 7.11 Å². The average Bonchev–Trinajstić information content (AvgIpc) is 2.04. The van der Waals surface area contributed by atoms with Crippen molar-refractivity contribution in [1.29, 1.82) is 0 Å². The van der Waals surface area contributed by atoms with Gasteiger partial charge >= 0.3 is 0 Å². The third-order valence-corrected chi connectivity index (χ3v) is 2.11. The number of halogens is 1. The van der Waals surface area contributed by atoms with Crippen molar-refractivity contribution in [2.75, 3.05) is 13.7 Å². The first-order valence-electron chi connectivity index (χ1n) is 4.48. The molecule has 1 unspecified atom stereocenters. The molecule has 0 heterocycles. The fourth-order valence-corrected chi connectivity index (χ4v) is 1.56. The largest absolute Gasteiger partial charge is 0.375 e. The highest BCUT2D eigenvalue weighted by Crippen LogP contribution is 2.18. The van der Waals surface area contributed by atoms with Crippen LogP contribution in [0.25, 0.3) is 0 Å². The first-order chi connectivity index (χ1) is 6.17. The van der Waals surface area contributed by atoms with Crippen molar-refractivity contribution in [1.82, 2.24) is 0 Å². The van der Waals surface area contributed by atoms with Crippen molar-refractivity contribution in [3.05, 3.63) is 34.9 Å². The van der Waals surface area contributed by atoms with E-state index in [-0.39, 0.29) is 18.5 Å². The Hall–Kier alpha value is -0.570. The normalized spacial score (nSPS) is 12.0. The van der Waals surface area contributed by atoms with Gasteiger partial charge in [-0.15, -0.1) is 12.4 Å². The van der Waals surface area contributed by atoms with E-state index in [4.69, 9.17) is 10.5 Å². The van der Waals surface area contributed by atoms with Crippen molar-refractivity contribution in [2.24, 2.45) is 5.73 Å². The smallest absolute Gasteiger partial charge is 0.0943 e. The summed E-state index contributed by atoms with van der Waals surface area (Å²) >= 11 is 0. The van der Waals surface area contributed by atoms with Gasteiger partial charge in [-0.25, -0.2) is 0 Å². The molecule has 14 heavy (non-hydrogen) atoms. The topological polar surface area (TPSA) is 35.2 Å². The summed E-state index contributed by atoms with van der Waals surface area (Å²) in [6, 6.07) is 6.38. The molecule has 0 saturated carbocycles. The molecule has 80 valence electrons. The highest BCUT2D eigenvalue weighted by molar-refractivity contribution is 5.85. The molecule has 1 atom stereocenters. The number of benzene rings is 1. The van der Waals surface area contributed by atoms with Crippen molar-refractivity contribution in [3.63, 3.8) is 0 Å². The summed E-state index contributed by atoms with van der Waals surface area (Å²) in [6.07, 6.45) is 0.0265. The predicted octanol–water partition coefficient (Wildman–Crippen LogP) is 2.37. The van der Waals surface area contributed by atoms with E-state index in [1.807, 2.05) is 0 Å². The third kappa shape index (κ3) is 3.29. The van der Waals surface area contributed by atoms with E-state index in [9.17, 15) is 0 Å². The monoisotopic (exact) mass is 215 g/mol. The number of nitrogens with two attached hydrogens (primary N) is 1. The molecule has 1 aromatic rings. The summed E-state index contributed by atoms with van der Waals surface area (Å²) in [6.45, 7) is 4.69. The molecule has 0 aliphatic carbocycles. The van der Waals surface area contributed by atoms with Crippen LogP contribution in [0.2, 0.25) is 0 Å². The Kier molecular flexibility index (Phi) is 5.77. The first kappa shape index (κ1) is 13.4. The lowest BCUT2D eigenvalue weighted by atomic mass is 10.0. The van der Waals surface area contributed by atoms with Crippen LogP contribution in [0.4, 0.5) is 0 Å². The van der Waals surface area contributed by atoms with Gasteiger partial charge in [-0.2, -0.15) is 0 Å². The standard InChI is InChI=1S/C11H17NO.ClH/c1-8-4-9(2)6-10(5-8)11(7-12)13-3;/h4-6,11H,7,12H2,1-3H3;1H. The molecular formula is C11H18ClNO. The van der Waals surface area contributed by atoms with Gasteiger partial charge in [-0.1, -0.05) is 29.3 Å². The number of ether oxygens (including phenoxy) is 1. The molecule has 2 N–H and O–H groups in total. The van der Waals surface area contributed by atoms with Crippen LogP contribution in [-0.2, 0) is 4.74 Å². The zero-order valence-electron chi connectivity index (χ0n) is 8.91. The second-order valence-corrected chi connectivity index (χ2v) is 3.38. The van der Waals surface area contributed by atoms with Crippen LogP contribution in [0.1, 0.15) is 22.8 Å². The lowest BCUT2D eigenvalue weighted by Gasteiger charge is -2.14. The Bertz CT molecular complexity index is 264. The fourth-order valence-electron chi connectivity index (χ4n) is 1.56. The maximum absolute atomic E-state index is 5.59. The van der Waals surface area contributed by atoms with Gasteiger partial charge in [-0.3, -0.25) is 0 Å². The van der Waals surface area contributed by atoms with Crippen LogP contribution >= 0.6 is 12.4 Å². The number of hydrogen-bond donors (Lipinski definition) is 1. The van der Waals surface area contributed by atoms with Gasteiger partial charge in [0.15, 0.2) is 0 Å². The van der Waals surface area contributed by atoms with E-state index in [0.717, 1.165) is 0 Å². The van der Waals surface area contributed by atoms with E-state index < -0.39 is 0 Å². The highest BCUT2D eigenvalue weighted by Gasteiger charge is 2.08. The number of aryl methyl sites for hydroxylation is 2. The molecule has 0 aliphatic heterocycles. The predicted molar refractivity (Wildman–Crippen MR) is 62.0 cm³/mol. The lowest BCUT2D eigenvalue weighted by molar-refractivity contribution is 0.110. The zero-order valence-corrected chi connectivity index (χ0v) is 9.73. The minimum Gasteiger partial charge on any atom is -0.375 e. The summed E-state index contributed by atoms with van der Waals surface area (Å²) in [5, 5.41) is 0. The van der Waals surface area contributed by atoms with Crippen LogP contribution in [0.3, 0.4) is 0 Å². The van der Waals surface area contributed by atoms with E-state index in [2.05, 4.69) is 32.0 Å². The van der Waals surface area contributed by atoms with E-state index in [1.165, 1.54) is 16.7 Å². The van der Waals surface area contributed by atoms with Gasteiger partial charge in [-0.05, 0) is 19.4 Å². The molecule has 0 radical (unpaired) electrons. The van der Waals surface area contributed by atoms with Crippen molar-refractivity contribution in [3.8, 4) is 0 Å². The summed E-state index contributed by atoms with van der Waals surface area (Å²) < 4.78 is 5.27. The maximum Gasteiger partial charge on any atom is 0.0943 e. The van der Waals surface area contributed by atoms with Crippen molar-refractivity contribution >= 4 is 12.4 Å². The summed E-state index contributed by atoms with van der Waals surface area (Å²) in [5.74, 6) is 0. The van der Waals surface area contributed by atoms with Gasteiger partial charge in [0.2, 0.25) is 0 Å². The van der Waals surface area contributed by atoms with E-state index >= 15 is 0 Å². The number of rotatable bonds is 3. The molecule has 1 aromatic carbocycles. The van der Waals surface area contributed by atoms with Crippen LogP contribution in [0.5, 0.6) is 0 Å². The molecule has 0 spiro atoms. The maximum atomic E-state index is 5.59.